The van der Waals surface area contributed by atoms with Crippen molar-refractivity contribution in [3.63, 3.8) is 0 Å². The Kier molecular flexibility index (Phi) is 5.94. The predicted octanol–water partition coefficient (Wildman–Crippen LogP) is 4.02. The third-order valence-corrected chi connectivity index (χ3v) is 4.64. The van der Waals surface area contributed by atoms with Gasteiger partial charge in [0, 0.05) is 6.21 Å². The van der Waals surface area contributed by atoms with Crippen molar-refractivity contribution >= 4 is 23.3 Å². The van der Waals surface area contributed by atoms with Crippen molar-refractivity contribution < 1.29 is 5.11 Å². The van der Waals surface area contributed by atoms with Crippen molar-refractivity contribution in [2.24, 2.45) is 10.9 Å². The summed E-state index contributed by atoms with van der Waals surface area (Å²) in [5.41, 5.74) is 2.60. The summed E-state index contributed by atoms with van der Waals surface area (Å²) in [6.07, 6.45) is 12.3. The minimum Gasteiger partial charge on any atom is -0.393 e. The van der Waals surface area contributed by atoms with Crippen molar-refractivity contribution in [1.82, 2.24) is 14.6 Å². The van der Waals surface area contributed by atoms with Gasteiger partial charge in [-0.2, -0.15) is 5.26 Å². The summed E-state index contributed by atoms with van der Waals surface area (Å²) in [6.45, 7) is 5.91. The van der Waals surface area contributed by atoms with Crippen LogP contribution in [0.5, 0.6) is 0 Å². The fourth-order valence-corrected chi connectivity index (χ4v) is 3.14. The standard InChI is InChI=1S/C21H23N5O/c1-3-4-17(12-22)11-15(2)19-14-24-21-10-9-20(25-26(19)21)23-13-16-5-7-18(27)8-6-16/h3-4,9-11,13-14,16,18,27H,2,5-8H2,1H3/b4-3-,17-11+,23-13+. The third kappa shape index (κ3) is 4.57. The Bertz CT molecular complexity index is 953. The lowest BCUT2D eigenvalue weighted by Crippen LogP contribution is -2.18. The Morgan fingerprint density at radius 3 is 2.85 bits per heavy atom. The van der Waals surface area contributed by atoms with Gasteiger partial charge < -0.3 is 5.11 Å². The number of fused-ring (bicyclic) bond motifs is 1. The minimum absolute atomic E-state index is 0.169. The zero-order chi connectivity index (χ0) is 19.2. The highest BCUT2D eigenvalue weighted by Crippen LogP contribution is 2.24. The van der Waals surface area contributed by atoms with Crippen LogP contribution in [0.1, 0.15) is 38.3 Å². The van der Waals surface area contributed by atoms with E-state index in [1.165, 1.54) is 0 Å². The van der Waals surface area contributed by atoms with Crippen LogP contribution in [0.2, 0.25) is 0 Å². The summed E-state index contributed by atoms with van der Waals surface area (Å²) in [4.78, 5) is 8.86. The van der Waals surface area contributed by atoms with Crippen molar-refractivity contribution in [3.05, 3.63) is 54.4 Å². The molecule has 2 heterocycles. The monoisotopic (exact) mass is 361 g/mol. The molecule has 0 radical (unpaired) electrons. The molecule has 0 aromatic carbocycles. The average molecular weight is 361 g/mol. The molecule has 2 aromatic heterocycles. The van der Waals surface area contributed by atoms with E-state index in [0.29, 0.717) is 28.5 Å². The predicted molar refractivity (Wildman–Crippen MR) is 107 cm³/mol. The molecule has 0 spiro atoms. The fraction of sp³-hybridized carbons (Fsp3) is 0.333. The number of aliphatic hydroxyl groups is 1. The normalized spacial score (nSPS) is 21.1. The SMILES string of the molecule is C=C(/C=C(C#N)\C=C/C)c1cnc2ccc(/N=C/C3CCC(O)CC3)nn12. The van der Waals surface area contributed by atoms with Crippen LogP contribution in [0.4, 0.5) is 5.82 Å². The molecule has 1 aliphatic rings. The molecule has 0 atom stereocenters. The maximum Gasteiger partial charge on any atom is 0.172 e. The number of imidazole rings is 1. The number of hydrogen-bond acceptors (Lipinski definition) is 5. The Hall–Kier alpha value is -3.04. The molecule has 1 fully saturated rings. The van der Waals surface area contributed by atoms with Crippen LogP contribution in [-0.4, -0.2) is 32.0 Å². The molecule has 1 N–H and O–H groups in total. The van der Waals surface area contributed by atoms with E-state index in [4.69, 9.17) is 0 Å². The Labute approximate surface area is 158 Å². The minimum atomic E-state index is -0.169. The van der Waals surface area contributed by atoms with Crippen LogP contribution in [0, 0.1) is 17.2 Å². The molecule has 27 heavy (non-hydrogen) atoms. The second-order valence-electron chi connectivity index (χ2n) is 6.69. The summed E-state index contributed by atoms with van der Waals surface area (Å²) in [7, 11) is 0. The molecule has 0 saturated heterocycles. The van der Waals surface area contributed by atoms with Gasteiger partial charge in [0.1, 0.15) is 0 Å². The van der Waals surface area contributed by atoms with E-state index >= 15 is 0 Å². The summed E-state index contributed by atoms with van der Waals surface area (Å²) < 4.78 is 1.70. The number of nitrogens with zero attached hydrogens (tertiary/aromatic N) is 5. The molecule has 6 heteroatoms. The first-order valence-electron chi connectivity index (χ1n) is 9.11. The summed E-state index contributed by atoms with van der Waals surface area (Å²) in [6, 6.07) is 5.83. The molecular weight excluding hydrogens is 338 g/mol. The van der Waals surface area contributed by atoms with E-state index in [0.717, 1.165) is 31.4 Å². The van der Waals surface area contributed by atoms with Gasteiger partial charge in [0.2, 0.25) is 0 Å². The lowest BCUT2D eigenvalue weighted by atomic mass is 9.88. The molecular formula is C21H23N5O. The van der Waals surface area contributed by atoms with Crippen LogP contribution in [-0.2, 0) is 0 Å². The fourth-order valence-electron chi connectivity index (χ4n) is 3.14. The van der Waals surface area contributed by atoms with Gasteiger partial charge in [-0.15, -0.1) is 5.10 Å². The van der Waals surface area contributed by atoms with Crippen molar-refractivity contribution in [1.29, 1.82) is 5.26 Å². The lowest BCUT2D eigenvalue weighted by Gasteiger charge is -2.21. The third-order valence-electron chi connectivity index (χ3n) is 4.64. The number of nitriles is 1. The van der Waals surface area contributed by atoms with Gasteiger partial charge in [-0.25, -0.2) is 14.5 Å². The molecule has 6 nitrogen and oxygen atoms in total. The maximum atomic E-state index is 9.60. The van der Waals surface area contributed by atoms with Gasteiger partial charge in [0.15, 0.2) is 11.5 Å². The van der Waals surface area contributed by atoms with E-state index in [2.05, 4.69) is 27.7 Å². The summed E-state index contributed by atoms with van der Waals surface area (Å²) in [5.74, 6) is 0.976. The van der Waals surface area contributed by atoms with Gasteiger partial charge >= 0.3 is 0 Å². The molecule has 2 aromatic rings. The maximum absolute atomic E-state index is 9.60. The first-order chi connectivity index (χ1) is 13.1. The van der Waals surface area contributed by atoms with Gasteiger partial charge in [-0.05, 0) is 68.4 Å². The Balaban J connectivity index is 1.84. The molecule has 0 bridgehead atoms. The number of allylic oxidation sites excluding steroid dienone is 5. The molecule has 138 valence electrons. The second kappa shape index (κ2) is 8.56. The van der Waals surface area contributed by atoms with Gasteiger partial charge in [0.05, 0.1) is 29.6 Å². The highest BCUT2D eigenvalue weighted by Gasteiger charge is 2.17. The van der Waals surface area contributed by atoms with Gasteiger partial charge in [0.25, 0.3) is 0 Å². The van der Waals surface area contributed by atoms with E-state index in [1.807, 2.05) is 31.3 Å². The van der Waals surface area contributed by atoms with E-state index in [-0.39, 0.29) is 6.10 Å². The molecule has 0 amide bonds. The quantitative estimate of drug-likeness (QED) is 0.495. The van der Waals surface area contributed by atoms with Crippen molar-refractivity contribution in [3.8, 4) is 6.07 Å². The first-order valence-corrected chi connectivity index (χ1v) is 9.11. The highest BCUT2D eigenvalue weighted by molar-refractivity contribution is 5.74. The molecule has 0 unspecified atom stereocenters. The molecule has 0 aliphatic heterocycles. The van der Waals surface area contributed by atoms with Crippen LogP contribution < -0.4 is 0 Å². The number of aromatic nitrogens is 3. The number of aliphatic imine (C=N–C) groups is 1. The zero-order valence-corrected chi connectivity index (χ0v) is 15.4. The second-order valence-corrected chi connectivity index (χ2v) is 6.69. The van der Waals surface area contributed by atoms with Gasteiger partial charge in [-0.1, -0.05) is 12.7 Å². The molecule has 1 saturated carbocycles. The highest BCUT2D eigenvalue weighted by atomic mass is 16.3. The van der Waals surface area contributed by atoms with Crippen LogP contribution in [0.3, 0.4) is 0 Å². The van der Waals surface area contributed by atoms with Crippen LogP contribution in [0.25, 0.3) is 11.2 Å². The average Bonchev–Trinajstić information content (AvgIpc) is 3.10. The largest absolute Gasteiger partial charge is 0.393 e. The summed E-state index contributed by atoms with van der Waals surface area (Å²) >= 11 is 0. The smallest absolute Gasteiger partial charge is 0.172 e. The van der Waals surface area contributed by atoms with E-state index < -0.39 is 0 Å². The number of aliphatic hydroxyl groups excluding tert-OH is 1. The summed E-state index contributed by atoms with van der Waals surface area (Å²) in [5, 5.41) is 23.3. The number of hydrogen-bond donors (Lipinski definition) is 1. The van der Waals surface area contributed by atoms with Gasteiger partial charge in [-0.3, -0.25) is 0 Å². The number of rotatable bonds is 5. The molecule has 3 rings (SSSR count). The van der Waals surface area contributed by atoms with Crippen LogP contribution >= 0.6 is 0 Å². The van der Waals surface area contributed by atoms with E-state index in [1.54, 1.807) is 22.9 Å². The van der Waals surface area contributed by atoms with Crippen LogP contribution in [0.15, 0.2) is 53.7 Å². The van der Waals surface area contributed by atoms with Crippen molar-refractivity contribution in [2.45, 2.75) is 38.7 Å². The Morgan fingerprint density at radius 1 is 1.37 bits per heavy atom. The topological polar surface area (TPSA) is 86.6 Å². The first kappa shape index (κ1) is 18.7. The lowest BCUT2D eigenvalue weighted by molar-refractivity contribution is 0.121. The van der Waals surface area contributed by atoms with Crippen molar-refractivity contribution in [2.75, 3.05) is 0 Å². The van der Waals surface area contributed by atoms with E-state index in [9.17, 15) is 10.4 Å². The Morgan fingerprint density at radius 2 is 2.15 bits per heavy atom. The molecule has 1 aliphatic carbocycles. The zero-order valence-electron chi connectivity index (χ0n) is 15.4.